The Morgan fingerprint density at radius 1 is 1.08 bits per heavy atom. The summed E-state index contributed by atoms with van der Waals surface area (Å²) in [6.45, 7) is 16.2. The van der Waals surface area contributed by atoms with Gasteiger partial charge in [0, 0.05) is 36.7 Å². The van der Waals surface area contributed by atoms with Crippen molar-refractivity contribution in [3.8, 4) is 0 Å². The minimum Gasteiger partial charge on any atom is -0.458 e. The number of aliphatic imine (C=N–C) groups is 1. The molecule has 334 valence electrons. The summed E-state index contributed by atoms with van der Waals surface area (Å²) in [6.07, 6.45) is -3.73. The lowest BCUT2D eigenvalue weighted by atomic mass is 9.72. The van der Waals surface area contributed by atoms with E-state index in [0.717, 1.165) is 11.3 Å². The number of ether oxygens (including phenoxy) is 6. The third-order valence-corrected chi connectivity index (χ3v) is 13.3. The second-order valence-corrected chi connectivity index (χ2v) is 18.1. The highest BCUT2D eigenvalue weighted by atomic mass is 16.7. The van der Waals surface area contributed by atoms with Crippen LogP contribution in [0, 0.1) is 23.7 Å². The van der Waals surface area contributed by atoms with E-state index >= 15 is 0 Å². The Kier molecular flexibility index (Phi) is 14.6. The number of fused-ring (bicyclic) bond motifs is 4. The molecule has 1 aromatic rings. The molecule has 60 heavy (non-hydrogen) atoms. The van der Waals surface area contributed by atoms with Crippen LogP contribution in [0.5, 0.6) is 0 Å². The smallest absolute Gasteiger partial charge is 0.410 e. The van der Waals surface area contributed by atoms with E-state index in [2.05, 4.69) is 24.3 Å². The average molecular weight is 842 g/mol. The van der Waals surface area contributed by atoms with Crippen LogP contribution in [-0.2, 0) is 49.4 Å². The molecule has 0 spiro atoms. The molecule has 0 saturated carbocycles. The Bertz CT molecular complexity index is 1730. The number of benzene rings is 1. The van der Waals surface area contributed by atoms with Gasteiger partial charge in [0.05, 0.1) is 55.6 Å². The summed E-state index contributed by atoms with van der Waals surface area (Å²) in [6, 6.07) is 8.86. The first-order chi connectivity index (χ1) is 28.5. The fraction of sp³-hybridized carbons (Fsp3) is 0.750. The van der Waals surface area contributed by atoms with Crippen LogP contribution in [0.15, 0.2) is 40.5 Å². The SMILES string of the molecule is CC[C@H]1OC(=O)[C@H](C)[C@H]2OC/C(=N\OCC(=O)NCc3ccccc3)CO[C@](C)(C[C@@H](C)C3=NCCN4C(=O)O[C@@]1(C)[C@H]4[C@H]3C)[C@H](O[C@H]1O[C@@H](C)C[C@@H](N(C)C)[C@@H]1O)[C@H]2C. The molecule has 0 aromatic heterocycles. The van der Waals surface area contributed by atoms with E-state index in [1.807, 2.05) is 83.9 Å². The topological polar surface area (TPSA) is 179 Å². The van der Waals surface area contributed by atoms with Gasteiger partial charge in [-0.05, 0) is 72.5 Å². The van der Waals surface area contributed by atoms with Crippen LogP contribution in [0.3, 0.4) is 0 Å². The minimum atomic E-state index is -1.16. The van der Waals surface area contributed by atoms with Crippen LogP contribution in [0.2, 0.25) is 0 Å². The first-order valence-electron chi connectivity index (χ1n) is 21.6. The van der Waals surface area contributed by atoms with Crippen molar-refractivity contribution in [2.45, 2.75) is 141 Å². The van der Waals surface area contributed by atoms with Crippen molar-refractivity contribution in [2.75, 3.05) is 47.0 Å². The molecule has 1 aromatic carbocycles. The molecule has 5 aliphatic heterocycles. The van der Waals surface area contributed by atoms with Crippen LogP contribution in [0.25, 0.3) is 0 Å². The molecule has 16 nitrogen and oxygen atoms in total. The van der Waals surface area contributed by atoms with Gasteiger partial charge in [-0.2, -0.15) is 0 Å². The molecule has 14 atom stereocenters. The summed E-state index contributed by atoms with van der Waals surface area (Å²) >= 11 is 0. The third kappa shape index (κ3) is 9.68. The number of hydrogen-bond acceptors (Lipinski definition) is 14. The summed E-state index contributed by atoms with van der Waals surface area (Å²) in [5.74, 6) is -2.78. The largest absolute Gasteiger partial charge is 0.458 e. The molecule has 4 saturated heterocycles. The number of aliphatic hydroxyl groups is 1. The average Bonchev–Trinajstić information content (AvgIpc) is 3.35. The van der Waals surface area contributed by atoms with Gasteiger partial charge in [0.2, 0.25) is 0 Å². The van der Waals surface area contributed by atoms with Crippen LogP contribution >= 0.6 is 0 Å². The first kappa shape index (κ1) is 45.8. The van der Waals surface area contributed by atoms with Gasteiger partial charge in [0.25, 0.3) is 5.91 Å². The normalized spacial score (nSPS) is 39.7. The van der Waals surface area contributed by atoms with Gasteiger partial charge < -0.3 is 48.6 Å². The van der Waals surface area contributed by atoms with Crippen molar-refractivity contribution in [1.82, 2.24) is 15.1 Å². The highest BCUT2D eigenvalue weighted by molar-refractivity contribution is 5.91. The van der Waals surface area contributed by atoms with Crippen molar-refractivity contribution in [1.29, 1.82) is 0 Å². The Morgan fingerprint density at radius 3 is 2.52 bits per heavy atom. The van der Waals surface area contributed by atoms with Crippen molar-refractivity contribution < 1.29 is 52.7 Å². The van der Waals surface area contributed by atoms with Gasteiger partial charge in [-0.1, -0.05) is 63.2 Å². The van der Waals surface area contributed by atoms with Gasteiger partial charge in [-0.3, -0.25) is 19.5 Å². The Morgan fingerprint density at radius 2 is 1.82 bits per heavy atom. The van der Waals surface area contributed by atoms with Crippen LogP contribution < -0.4 is 5.32 Å². The number of nitrogens with one attached hydrogen (secondary N) is 1. The van der Waals surface area contributed by atoms with Gasteiger partial charge in [-0.15, -0.1) is 0 Å². The van der Waals surface area contributed by atoms with Gasteiger partial charge in [0.15, 0.2) is 18.5 Å². The number of esters is 1. The fourth-order valence-electron chi connectivity index (χ4n) is 10.2. The molecule has 0 radical (unpaired) electrons. The predicted molar refractivity (Wildman–Crippen MR) is 222 cm³/mol. The van der Waals surface area contributed by atoms with E-state index in [4.69, 9.17) is 38.3 Å². The lowest BCUT2D eigenvalue weighted by Crippen LogP contribution is -2.60. The second kappa shape index (κ2) is 19.2. The maximum absolute atomic E-state index is 14.5. The van der Waals surface area contributed by atoms with E-state index < -0.39 is 71.8 Å². The van der Waals surface area contributed by atoms with E-state index in [1.165, 1.54) is 0 Å². The van der Waals surface area contributed by atoms with E-state index in [1.54, 1.807) is 11.8 Å². The lowest BCUT2D eigenvalue weighted by molar-refractivity contribution is -0.302. The third-order valence-electron chi connectivity index (χ3n) is 13.3. The summed E-state index contributed by atoms with van der Waals surface area (Å²) in [4.78, 5) is 55.2. The molecule has 5 heterocycles. The number of likely N-dealkylation sites (N-methyl/N-ethyl adjacent to an activating group) is 1. The van der Waals surface area contributed by atoms with Crippen molar-refractivity contribution in [3.05, 3.63) is 35.9 Å². The summed E-state index contributed by atoms with van der Waals surface area (Å²) in [5, 5.41) is 18.9. The lowest BCUT2D eigenvalue weighted by Gasteiger charge is -2.48. The number of aliphatic hydroxyl groups excluding tert-OH is 1. The summed E-state index contributed by atoms with van der Waals surface area (Å²) in [5.41, 5.74) is -0.104. The predicted octanol–water partition coefficient (Wildman–Crippen LogP) is 3.96. The number of carbonyl (C=O) groups excluding carboxylic acids is 3. The van der Waals surface area contributed by atoms with Gasteiger partial charge >= 0.3 is 12.1 Å². The minimum absolute atomic E-state index is 0.0610. The number of carbonyl (C=O) groups is 3. The molecule has 4 bridgehead atoms. The van der Waals surface area contributed by atoms with Crippen molar-refractivity contribution >= 4 is 29.4 Å². The molecule has 16 heteroatoms. The number of rotatable bonds is 9. The quantitative estimate of drug-likeness (QED) is 0.271. The molecule has 6 rings (SSSR count). The highest BCUT2D eigenvalue weighted by Gasteiger charge is 2.60. The van der Waals surface area contributed by atoms with E-state index in [0.29, 0.717) is 44.6 Å². The fourth-order valence-corrected chi connectivity index (χ4v) is 10.2. The molecular weight excluding hydrogens is 775 g/mol. The van der Waals surface area contributed by atoms with Gasteiger partial charge in [-0.25, -0.2) is 4.79 Å². The number of hydrogen-bond donors (Lipinski definition) is 2. The molecule has 2 amide bonds. The maximum Gasteiger partial charge on any atom is 0.410 e. The zero-order valence-electron chi connectivity index (χ0n) is 37.0. The van der Waals surface area contributed by atoms with Crippen LogP contribution in [-0.4, -0.2) is 151 Å². The molecule has 5 aliphatic rings. The second-order valence-electron chi connectivity index (χ2n) is 18.1. The maximum atomic E-state index is 14.5. The number of nitrogens with zero attached hydrogens (tertiary/aromatic N) is 4. The van der Waals surface area contributed by atoms with Crippen LogP contribution in [0.4, 0.5) is 4.79 Å². The summed E-state index contributed by atoms with van der Waals surface area (Å²) < 4.78 is 39.6. The zero-order chi connectivity index (χ0) is 43.5. The molecule has 0 aliphatic carbocycles. The van der Waals surface area contributed by atoms with E-state index in [9.17, 15) is 19.5 Å². The standard InChI is InChI=1S/C44H67N5O11/c1-11-33-44(8)38-27(4)35(45-17-18-49(38)42(53)60-44)25(2)20-43(7)39(59-41-36(51)32(48(9)10)19-26(3)57-41)28(5)37(29(6)40(52)58-33)54-22-31(23-55-43)47-56-24-34(50)46-21-30-15-13-12-14-16-30/h12-16,25-29,32-33,36-39,41,51H,11,17-24H2,1-10H3,(H,46,50)/b47-31+/t25-,26+,27+,28+,29-,32-,33-,36+,37+,38-,39-,41-,43-,44-/m1/s1. The van der Waals surface area contributed by atoms with Crippen molar-refractivity contribution in [3.63, 3.8) is 0 Å². The molecule has 4 fully saturated rings. The van der Waals surface area contributed by atoms with Crippen molar-refractivity contribution in [2.24, 2.45) is 33.8 Å². The Balaban J connectivity index is 1.39. The Hall–Kier alpha value is -3.67. The molecular formula is C44H67N5O11. The number of oxime groups is 1. The number of amides is 2. The number of cyclic esters (lactones) is 1. The summed E-state index contributed by atoms with van der Waals surface area (Å²) in [7, 11) is 3.84. The molecule has 2 N–H and O–H groups in total. The molecule has 0 unspecified atom stereocenters. The zero-order valence-corrected chi connectivity index (χ0v) is 37.0. The van der Waals surface area contributed by atoms with Gasteiger partial charge in [0.1, 0.15) is 17.9 Å². The highest BCUT2D eigenvalue weighted by Crippen LogP contribution is 2.45. The first-order valence-corrected chi connectivity index (χ1v) is 21.6. The van der Waals surface area contributed by atoms with Crippen LogP contribution in [0.1, 0.15) is 80.2 Å². The monoisotopic (exact) mass is 841 g/mol. The van der Waals surface area contributed by atoms with E-state index in [-0.39, 0.29) is 49.7 Å². The Labute approximate surface area is 354 Å².